The lowest BCUT2D eigenvalue weighted by Gasteiger charge is -2.22. The molecule has 0 fully saturated rings. The molecule has 0 saturated heterocycles. The Bertz CT molecular complexity index is 661. The third kappa shape index (κ3) is 17.0. The van der Waals surface area contributed by atoms with Crippen molar-refractivity contribution in [2.45, 2.75) is 123 Å². The summed E-state index contributed by atoms with van der Waals surface area (Å²) in [5.74, 6) is -0.963. The number of unbranched alkanes of at least 4 members (excludes halogenated alkanes) is 12. The minimum absolute atomic E-state index is 0.0863. The van der Waals surface area contributed by atoms with Crippen LogP contribution in [0.2, 0.25) is 0 Å². The van der Waals surface area contributed by atoms with Gasteiger partial charge < -0.3 is 4.74 Å². The molecule has 208 valence electrons. The van der Waals surface area contributed by atoms with Gasteiger partial charge in [-0.3, -0.25) is 9.69 Å². The molecule has 6 heteroatoms. The quantitative estimate of drug-likeness (QED) is 0.137. The maximum Gasteiger partial charge on any atom is 0.449 e. The summed E-state index contributed by atoms with van der Waals surface area (Å²) >= 11 is 0. The van der Waals surface area contributed by atoms with Crippen LogP contribution in [-0.4, -0.2) is 43.1 Å². The number of nitrogens with zero attached hydrogens (tertiary/aromatic N) is 1. The Kier molecular flexibility index (Phi) is 18.5. The monoisotopic (exact) mass is 513 g/mol. The lowest BCUT2D eigenvalue weighted by molar-refractivity contribution is -0.171. The number of hydrogen-bond acceptors (Lipinski definition) is 3. The maximum absolute atomic E-state index is 12.4. The lowest BCUT2D eigenvalue weighted by atomic mass is 10.1. The molecule has 1 rings (SSSR count). The second-order valence-corrected chi connectivity index (χ2v) is 10.00. The van der Waals surface area contributed by atoms with Gasteiger partial charge in [0.05, 0.1) is 0 Å². The van der Waals surface area contributed by atoms with Crippen molar-refractivity contribution in [1.82, 2.24) is 4.90 Å². The molecule has 0 atom stereocenters. The smallest absolute Gasteiger partial charge is 0.449 e. The van der Waals surface area contributed by atoms with E-state index in [2.05, 4.69) is 18.7 Å². The zero-order valence-corrected chi connectivity index (χ0v) is 22.8. The van der Waals surface area contributed by atoms with Gasteiger partial charge in [-0.05, 0) is 50.0 Å². The molecular weight excluding hydrogens is 463 g/mol. The lowest BCUT2D eigenvalue weighted by Crippen LogP contribution is -2.30. The van der Waals surface area contributed by atoms with Crippen molar-refractivity contribution >= 4 is 5.78 Å². The molecule has 0 amide bonds. The molecule has 0 heterocycles. The molecule has 0 N–H and O–H groups in total. The first-order valence-electron chi connectivity index (χ1n) is 14.4. The van der Waals surface area contributed by atoms with Crippen LogP contribution in [0.5, 0.6) is 5.75 Å². The number of ketones is 1. The topological polar surface area (TPSA) is 29.5 Å². The first kappa shape index (κ1) is 32.5. The van der Waals surface area contributed by atoms with Gasteiger partial charge in [-0.2, -0.15) is 13.2 Å². The molecular formula is C30H50F3NO2. The first-order valence-corrected chi connectivity index (χ1v) is 14.4. The van der Waals surface area contributed by atoms with Crippen LogP contribution in [0, 0.1) is 0 Å². The fourth-order valence-corrected chi connectivity index (χ4v) is 4.36. The van der Waals surface area contributed by atoms with Gasteiger partial charge in [0.2, 0.25) is 5.78 Å². The molecule has 0 aliphatic carbocycles. The Morgan fingerprint density at radius 2 is 1.19 bits per heavy atom. The van der Waals surface area contributed by atoms with Gasteiger partial charge in [0.15, 0.2) is 0 Å². The SMILES string of the molecule is CCCCCCCCCCCCN(CCCCCC)CCOc1ccc(CCC(=O)C(F)(F)F)cc1. The third-order valence-corrected chi connectivity index (χ3v) is 6.71. The van der Waals surface area contributed by atoms with Crippen LogP contribution >= 0.6 is 0 Å². The van der Waals surface area contributed by atoms with Crippen molar-refractivity contribution in [1.29, 1.82) is 0 Å². The van der Waals surface area contributed by atoms with Gasteiger partial charge in [0.25, 0.3) is 0 Å². The summed E-state index contributed by atoms with van der Waals surface area (Å²) < 4.78 is 43.0. The Labute approximate surface area is 218 Å². The summed E-state index contributed by atoms with van der Waals surface area (Å²) in [7, 11) is 0. The zero-order valence-electron chi connectivity index (χ0n) is 22.8. The van der Waals surface area contributed by atoms with Gasteiger partial charge in [-0.1, -0.05) is 103 Å². The van der Waals surface area contributed by atoms with E-state index in [0.717, 1.165) is 19.6 Å². The summed E-state index contributed by atoms with van der Waals surface area (Å²) in [6.45, 7) is 8.18. The fourth-order valence-electron chi connectivity index (χ4n) is 4.36. The summed E-state index contributed by atoms with van der Waals surface area (Å²) in [5.41, 5.74) is 0.707. The highest BCUT2D eigenvalue weighted by Crippen LogP contribution is 2.20. The van der Waals surface area contributed by atoms with Crippen molar-refractivity contribution in [3.05, 3.63) is 29.8 Å². The van der Waals surface area contributed by atoms with Crippen molar-refractivity contribution in [2.75, 3.05) is 26.2 Å². The Balaban J connectivity index is 2.29. The number of rotatable bonds is 23. The van der Waals surface area contributed by atoms with E-state index < -0.39 is 18.4 Å². The van der Waals surface area contributed by atoms with Gasteiger partial charge in [-0.25, -0.2) is 0 Å². The van der Waals surface area contributed by atoms with Gasteiger partial charge >= 0.3 is 6.18 Å². The van der Waals surface area contributed by atoms with Crippen molar-refractivity contribution < 1.29 is 22.7 Å². The van der Waals surface area contributed by atoms with E-state index in [0.29, 0.717) is 17.9 Å². The van der Waals surface area contributed by atoms with Crippen LogP contribution < -0.4 is 4.74 Å². The van der Waals surface area contributed by atoms with E-state index in [1.165, 1.54) is 89.9 Å². The number of benzene rings is 1. The number of alkyl halides is 3. The van der Waals surface area contributed by atoms with Crippen molar-refractivity contribution in [3.8, 4) is 5.75 Å². The van der Waals surface area contributed by atoms with Crippen molar-refractivity contribution in [2.24, 2.45) is 0 Å². The Hall–Kier alpha value is -1.56. The average Bonchev–Trinajstić information content (AvgIpc) is 2.86. The van der Waals surface area contributed by atoms with Gasteiger partial charge in [0.1, 0.15) is 12.4 Å². The number of hydrogen-bond donors (Lipinski definition) is 0. The molecule has 1 aromatic carbocycles. The minimum Gasteiger partial charge on any atom is -0.492 e. The molecule has 0 radical (unpaired) electrons. The fraction of sp³-hybridized carbons (Fsp3) is 0.767. The number of aryl methyl sites for hydroxylation is 1. The predicted molar refractivity (Wildman–Crippen MR) is 144 cm³/mol. The Morgan fingerprint density at radius 3 is 1.69 bits per heavy atom. The highest BCUT2D eigenvalue weighted by Gasteiger charge is 2.37. The molecule has 0 saturated carbocycles. The highest BCUT2D eigenvalue weighted by molar-refractivity contribution is 5.84. The molecule has 0 bridgehead atoms. The molecule has 0 aromatic heterocycles. The highest BCUT2D eigenvalue weighted by atomic mass is 19.4. The number of Topliss-reactive ketones (excluding diaryl/α,β-unsaturated/α-hetero) is 1. The number of ether oxygens (including phenoxy) is 1. The largest absolute Gasteiger partial charge is 0.492 e. The standard InChI is InChI=1S/C30H50F3NO2/c1-3-5-7-9-10-11-12-13-14-16-24-34(23-15-8-6-4-2)25-26-36-28-20-17-27(18-21-28)19-22-29(35)30(31,32)33/h17-18,20-21H,3-16,19,22-26H2,1-2H3. The number of carbonyl (C=O) groups excluding carboxylic acids is 1. The second-order valence-electron chi connectivity index (χ2n) is 10.00. The van der Waals surface area contributed by atoms with E-state index in [1.54, 1.807) is 24.3 Å². The Morgan fingerprint density at radius 1 is 0.722 bits per heavy atom. The van der Waals surface area contributed by atoms with Crippen molar-refractivity contribution in [3.63, 3.8) is 0 Å². The predicted octanol–water partition coefficient (Wildman–Crippen LogP) is 8.93. The van der Waals surface area contributed by atoms with E-state index in [-0.39, 0.29) is 6.42 Å². The van der Waals surface area contributed by atoms with E-state index in [4.69, 9.17) is 4.74 Å². The molecule has 36 heavy (non-hydrogen) atoms. The van der Waals surface area contributed by atoms with Gasteiger partial charge in [-0.15, -0.1) is 0 Å². The van der Waals surface area contributed by atoms with E-state index in [9.17, 15) is 18.0 Å². The summed E-state index contributed by atoms with van der Waals surface area (Å²) in [6.07, 6.45) is 13.2. The molecule has 0 spiro atoms. The molecule has 0 aliphatic rings. The molecule has 0 aliphatic heterocycles. The summed E-state index contributed by atoms with van der Waals surface area (Å²) in [4.78, 5) is 13.6. The minimum atomic E-state index is -4.75. The third-order valence-electron chi connectivity index (χ3n) is 6.71. The van der Waals surface area contributed by atoms with Gasteiger partial charge in [0, 0.05) is 13.0 Å². The number of carbonyl (C=O) groups is 1. The molecule has 0 unspecified atom stereocenters. The molecule has 1 aromatic rings. The maximum atomic E-state index is 12.4. The van der Waals surface area contributed by atoms with Crippen LogP contribution in [0.25, 0.3) is 0 Å². The van der Waals surface area contributed by atoms with E-state index >= 15 is 0 Å². The summed E-state index contributed by atoms with van der Waals surface area (Å²) in [6, 6.07) is 7.04. The van der Waals surface area contributed by atoms with Crippen LogP contribution in [0.15, 0.2) is 24.3 Å². The first-order chi connectivity index (χ1) is 17.4. The summed E-state index contributed by atoms with van der Waals surface area (Å²) in [5, 5.41) is 0. The average molecular weight is 514 g/mol. The van der Waals surface area contributed by atoms with Crippen LogP contribution in [0.1, 0.15) is 116 Å². The van der Waals surface area contributed by atoms with E-state index in [1.807, 2.05) is 0 Å². The second kappa shape index (κ2) is 20.5. The van der Waals surface area contributed by atoms with Crippen LogP contribution in [0.3, 0.4) is 0 Å². The van der Waals surface area contributed by atoms with Crippen LogP contribution in [-0.2, 0) is 11.2 Å². The zero-order chi connectivity index (χ0) is 26.5. The number of halogens is 3. The molecule has 3 nitrogen and oxygen atoms in total. The normalized spacial score (nSPS) is 11.8. The van der Waals surface area contributed by atoms with Crippen LogP contribution in [0.4, 0.5) is 13.2 Å².